The largest absolute Gasteiger partial charge is 0.494 e. The highest BCUT2D eigenvalue weighted by atomic mass is 35.5. The van der Waals surface area contributed by atoms with Crippen molar-refractivity contribution in [2.75, 3.05) is 75.2 Å². The molecular weight excluding hydrogens is 796 g/mol. The summed E-state index contributed by atoms with van der Waals surface area (Å²) in [5.41, 5.74) is 3.14. The minimum Gasteiger partial charge on any atom is -0.494 e. The quantitative estimate of drug-likeness (QED) is 0.133. The highest BCUT2D eigenvalue weighted by Crippen LogP contribution is 2.36. The number of para-hydroxylation sites is 1. The number of rotatable bonds is 11. The van der Waals surface area contributed by atoms with E-state index in [0.29, 0.717) is 40.7 Å². The van der Waals surface area contributed by atoms with Crippen molar-refractivity contribution >= 4 is 77.3 Å². The Balaban J connectivity index is 0.840. The molecule has 1 unspecified atom stereocenters. The summed E-state index contributed by atoms with van der Waals surface area (Å²) in [4.78, 5) is 67.5. The summed E-state index contributed by atoms with van der Waals surface area (Å²) >= 11 is 6.51. The van der Waals surface area contributed by atoms with Crippen LogP contribution in [0.15, 0.2) is 60.8 Å². The maximum absolute atomic E-state index is 15.4. The number of piperazine rings is 1. The van der Waals surface area contributed by atoms with E-state index in [4.69, 9.17) is 16.3 Å². The summed E-state index contributed by atoms with van der Waals surface area (Å²) in [5.74, 6) is -1.48. The van der Waals surface area contributed by atoms with E-state index in [0.717, 1.165) is 80.1 Å². The fraction of sp³-hybridized carbons (Fsp3) is 0.381. The fourth-order valence-corrected chi connectivity index (χ4v) is 9.52. The molecule has 1 aromatic heterocycles. The molecule has 0 bridgehead atoms. The predicted molar refractivity (Wildman–Crippen MR) is 227 cm³/mol. The molecule has 3 fully saturated rings. The Kier molecular flexibility index (Phi) is 11.8. The minimum absolute atomic E-state index is 0.0218. The lowest BCUT2D eigenvalue weighted by Crippen LogP contribution is -2.54. The lowest BCUT2D eigenvalue weighted by atomic mass is 10.0. The number of benzene rings is 3. The van der Waals surface area contributed by atoms with Gasteiger partial charge in [0.05, 0.1) is 30.1 Å². The summed E-state index contributed by atoms with van der Waals surface area (Å²) in [5, 5.41) is 10.5. The van der Waals surface area contributed by atoms with Crippen LogP contribution in [0, 0.1) is 5.82 Å². The molecule has 3 aromatic carbocycles. The number of hydrogen-bond donors (Lipinski definition) is 3. The molecule has 0 aliphatic carbocycles. The van der Waals surface area contributed by atoms with Crippen LogP contribution in [0.25, 0.3) is 0 Å². The van der Waals surface area contributed by atoms with Crippen molar-refractivity contribution in [3.63, 3.8) is 0 Å². The van der Waals surface area contributed by atoms with Gasteiger partial charge in [0.15, 0.2) is 5.82 Å². The molecule has 59 heavy (non-hydrogen) atoms. The van der Waals surface area contributed by atoms with Gasteiger partial charge in [0.25, 0.3) is 11.8 Å². The molecule has 8 rings (SSSR count). The Bertz CT molecular complexity index is 2300. The van der Waals surface area contributed by atoms with Crippen LogP contribution in [0.4, 0.5) is 33.2 Å². The Hall–Kier alpha value is -5.21. The number of carbonyl (C=O) groups excluding carboxylic acids is 4. The van der Waals surface area contributed by atoms with Gasteiger partial charge in [-0.05, 0) is 68.2 Å². The number of imide groups is 2. The number of methoxy groups -OCH3 is 1. The van der Waals surface area contributed by atoms with Crippen LogP contribution < -0.4 is 30.9 Å². The molecule has 1 atom stereocenters. The minimum atomic E-state index is -1.09. The topological polar surface area (TPSA) is 152 Å². The highest BCUT2D eigenvalue weighted by Gasteiger charge is 2.45. The first-order valence-electron chi connectivity index (χ1n) is 19.7. The van der Waals surface area contributed by atoms with Gasteiger partial charge in [-0.3, -0.25) is 39.2 Å². The Morgan fingerprint density at radius 2 is 1.63 bits per heavy atom. The van der Waals surface area contributed by atoms with E-state index >= 15 is 4.39 Å². The lowest BCUT2D eigenvalue weighted by molar-refractivity contribution is -0.136. The molecule has 5 heterocycles. The second kappa shape index (κ2) is 17.2. The molecule has 4 aliphatic heterocycles. The smallest absolute Gasteiger partial charge is 0.262 e. The summed E-state index contributed by atoms with van der Waals surface area (Å²) in [7, 11) is 1.31. The summed E-state index contributed by atoms with van der Waals surface area (Å²) < 4.78 is 21.2. The number of ether oxygens (including phenoxy) is 1. The first-order chi connectivity index (χ1) is 28.5. The monoisotopic (exact) mass is 841 g/mol. The van der Waals surface area contributed by atoms with Gasteiger partial charge in [-0.2, -0.15) is 4.98 Å². The van der Waals surface area contributed by atoms with Crippen molar-refractivity contribution in [3.8, 4) is 5.75 Å². The maximum atomic E-state index is 15.4. The van der Waals surface area contributed by atoms with Crippen molar-refractivity contribution in [1.29, 1.82) is 0 Å². The molecule has 4 amide bonds. The molecule has 0 radical (unpaired) electrons. The van der Waals surface area contributed by atoms with Crippen molar-refractivity contribution in [2.45, 2.75) is 44.3 Å². The second-order valence-electron chi connectivity index (χ2n) is 15.4. The number of nitrogens with zero attached hydrogens (tertiary/aromatic N) is 6. The number of carbonyl (C=O) groups is 4. The highest BCUT2D eigenvalue weighted by molar-refractivity contribution is 7.64. The van der Waals surface area contributed by atoms with Crippen molar-refractivity contribution in [2.24, 2.45) is 0 Å². The number of aromatic nitrogens is 2. The summed E-state index contributed by atoms with van der Waals surface area (Å²) in [6.45, 7) is 9.62. The molecule has 308 valence electrons. The van der Waals surface area contributed by atoms with Crippen LogP contribution in [-0.4, -0.2) is 120 Å². The Morgan fingerprint density at radius 3 is 2.34 bits per heavy atom. The number of halogens is 2. The second-order valence-corrected chi connectivity index (χ2v) is 18.1. The van der Waals surface area contributed by atoms with Gasteiger partial charge >= 0.3 is 0 Å². The van der Waals surface area contributed by atoms with Crippen LogP contribution in [0.2, 0.25) is 5.02 Å². The summed E-state index contributed by atoms with van der Waals surface area (Å²) in [6.07, 6.45) is 3.64. The third-order valence-electron chi connectivity index (χ3n) is 11.6. The van der Waals surface area contributed by atoms with E-state index in [1.807, 2.05) is 30.3 Å². The van der Waals surface area contributed by atoms with E-state index in [2.05, 4.69) is 66.1 Å². The zero-order chi connectivity index (χ0) is 41.4. The molecule has 17 heteroatoms. The van der Waals surface area contributed by atoms with E-state index in [1.165, 1.54) is 11.4 Å². The molecule has 0 spiro atoms. The lowest BCUT2D eigenvalue weighted by Gasteiger charge is -2.43. The van der Waals surface area contributed by atoms with Crippen LogP contribution in [-0.2, 0) is 16.1 Å². The third kappa shape index (κ3) is 8.47. The van der Waals surface area contributed by atoms with Crippen LogP contribution >= 0.6 is 19.5 Å². The molecule has 4 aromatic rings. The van der Waals surface area contributed by atoms with Crippen LogP contribution in [0.3, 0.4) is 0 Å². The Morgan fingerprint density at radius 1 is 0.898 bits per heavy atom. The number of amides is 4. The number of piperidine rings is 2. The summed E-state index contributed by atoms with van der Waals surface area (Å²) in [6, 6.07) is 16.1. The molecule has 4 aliphatic rings. The SMILES string of the molecule is COc1cc(N2CCC(N3CCN(Cc4cc5c(cc4F)C(=O)N(C4CCC(=O)NC4=O)C5=O)CC3)CC2)ccc1Nc1ncc(Cl)c(Nc2ccccc2P(C)C)n1. The van der Waals surface area contributed by atoms with Gasteiger partial charge in [0.2, 0.25) is 17.8 Å². The Labute approximate surface area is 348 Å². The molecular formula is C42H46ClFN9O5P. The van der Waals surface area contributed by atoms with Gasteiger partial charge in [0.1, 0.15) is 22.6 Å². The average molecular weight is 842 g/mol. The van der Waals surface area contributed by atoms with Gasteiger partial charge < -0.3 is 20.3 Å². The third-order valence-corrected chi connectivity index (χ3v) is 13.2. The number of nitrogens with one attached hydrogen (secondary N) is 3. The van der Waals surface area contributed by atoms with E-state index in [-0.39, 0.29) is 31.9 Å². The van der Waals surface area contributed by atoms with Gasteiger partial charge in [-0.1, -0.05) is 37.7 Å². The number of anilines is 5. The number of fused-ring (bicyclic) bond motifs is 1. The van der Waals surface area contributed by atoms with Gasteiger partial charge in [0, 0.05) is 81.3 Å². The predicted octanol–water partition coefficient (Wildman–Crippen LogP) is 5.32. The zero-order valence-corrected chi connectivity index (χ0v) is 34.8. The molecule has 14 nitrogen and oxygen atoms in total. The van der Waals surface area contributed by atoms with Gasteiger partial charge in [-0.25, -0.2) is 9.37 Å². The van der Waals surface area contributed by atoms with E-state index in [1.54, 1.807) is 13.3 Å². The standard InChI is InChI=1S/C42H46ClFN9O5P/c1-58-35-21-27(8-9-32(35)47-42-45-23-30(43)38(49-42)46-33-6-4-5-7-36(33)59(2)3)51-14-12-26(13-15-51)52-18-16-50(17-19-52)24-25-20-28-29(22-31(25)44)41(57)53(40(28)56)34-10-11-37(54)48-39(34)55/h4-9,20-23,26,34H,10-19,24H2,1-3H3,(H,48,54,55)(H2,45,46,47,49). The zero-order valence-electron chi connectivity index (χ0n) is 33.1. The van der Waals surface area contributed by atoms with Gasteiger partial charge in [-0.15, -0.1) is 0 Å². The molecule has 3 saturated heterocycles. The van der Waals surface area contributed by atoms with Crippen LogP contribution in [0.1, 0.15) is 52.0 Å². The van der Waals surface area contributed by atoms with Crippen molar-refractivity contribution in [1.82, 2.24) is 30.0 Å². The first-order valence-corrected chi connectivity index (χ1v) is 22.3. The number of hydrogen-bond acceptors (Lipinski definition) is 12. The van der Waals surface area contributed by atoms with E-state index < -0.39 is 35.5 Å². The molecule has 0 saturated carbocycles. The van der Waals surface area contributed by atoms with Crippen LogP contribution in [0.5, 0.6) is 5.75 Å². The molecule has 3 N–H and O–H groups in total. The maximum Gasteiger partial charge on any atom is 0.262 e. The average Bonchev–Trinajstić information content (AvgIpc) is 3.47. The normalized spacial score (nSPS) is 19.3. The van der Waals surface area contributed by atoms with Crippen molar-refractivity contribution < 1.29 is 28.3 Å². The van der Waals surface area contributed by atoms with E-state index in [9.17, 15) is 19.2 Å². The first kappa shape index (κ1) is 40.6. The van der Waals surface area contributed by atoms with Crippen molar-refractivity contribution in [3.05, 3.63) is 88.3 Å². The fourth-order valence-electron chi connectivity index (χ4n) is 8.39.